The molecule has 0 aromatic carbocycles. The lowest BCUT2D eigenvalue weighted by molar-refractivity contribution is -0.148. The zero-order valence-electron chi connectivity index (χ0n) is 24.3. The highest BCUT2D eigenvalue weighted by Gasteiger charge is 2.45. The van der Waals surface area contributed by atoms with Crippen molar-refractivity contribution in [3.8, 4) is 0 Å². The number of nitrogens with one attached hydrogen (secondary N) is 3. The van der Waals surface area contributed by atoms with Gasteiger partial charge in [-0.3, -0.25) is 28.5 Å². The number of thiol groups is 1. The summed E-state index contributed by atoms with van der Waals surface area (Å²) in [6.07, 6.45) is 4.71. The molecule has 44 heavy (non-hydrogen) atoms. The molecule has 16 nitrogen and oxygen atoms in total. The van der Waals surface area contributed by atoms with Crippen LogP contribution >= 0.6 is 20.5 Å². The van der Waals surface area contributed by atoms with Crippen LogP contribution in [0.4, 0.5) is 0 Å². The molecule has 0 saturated carbocycles. The minimum absolute atomic E-state index is 0.0472. The van der Waals surface area contributed by atoms with Gasteiger partial charge in [-0.05, 0) is 57.9 Å². The summed E-state index contributed by atoms with van der Waals surface area (Å²) in [6, 6.07) is -5.44. The van der Waals surface area contributed by atoms with Crippen LogP contribution in [0.3, 0.4) is 0 Å². The van der Waals surface area contributed by atoms with Gasteiger partial charge in [-0.1, -0.05) is 0 Å². The summed E-state index contributed by atoms with van der Waals surface area (Å²) < 4.78 is 16.1. The lowest BCUT2D eigenvalue weighted by Gasteiger charge is -2.33. The van der Waals surface area contributed by atoms with Crippen LogP contribution in [0.15, 0.2) is 0 Å². The molecule has 6 atom stereocenters. The first-order valence-electron chi connectivity index (χ1n) is 15.0. The van der Waals surface area contributed by atoms with E-state index in [2.05, 4.69) is 33.1 Å². The standard InChI is InChI=1S/C26H41N6O10PS/c33-13-16(15-44)28-22(34)19-6-2-10-30(19)25(37)18(14-42-43(39,40)41)29-23(35)20-7-3-11-31(20)26(38)21-8-4-12-32(21)24(36)17-5-1-9-27-17/h13,16-21,27,44H,1-12,14-15H2,(H,28,34)(H,29,35)(H2,39,40,41)/t16-,17+,18+,19+,20+,21+/m1/s1. The van der Waals surface area contributed by atoms with Gasteiger partial charge in [0, 0.05) is 25.4 Å². The smallest absolute Gasteiger partial charge is 0.344 e. The summed E-state index contributed by atoms with van der Waals surface area (Å²) in [6.45, 7) is 0.696. The molecule has 18 heteroatoms. The molecule has 0 spiro atoms. The van der Waals surface area contributed by atoms with E-state index in [1.54, 1.807) is 4.90 Å². The van der Waals surface area contributed by atoms with Gasteiger partial charge in [0.2, 0.25) is 29.5 Å². The molecule has 0 radical (unpaired) electrons. The van der Waals surface area contributed by atoms with Crippen molar-refractivity contribution < 1.29 is 47.6 Å². The van der Waals surface area contributed by atoms with E-state index >= 15 is 0 Å². The first kappa shape index (κ1) is 34.3. The number of carbonyl (C=O) groups is 6. The predicted octanol–water partition coefficient (Wildman–Crippen LogP) is -2.08. The zero-order valence-corrected chi connectivity index (χ0v) is 26.1. The Balaban J connectivity index is 1.46. The fraction of sp³-hybridized carbons (Fsp3) is 0.769. The zero-order chi connectivity index (χ0) is 32.0. The Kier molecular flexibility index (Phi) is 11.8. The van der Waals surface area contributed by atoms with Gasteiger partial charge in [0.05, 0.1) is 18.7 Å². The number of carbonyl (C=O) groups excluding carboxylic acids is 6. The molecule has 5 N–H and O–H groups in total. The van der Waals surface area contributed by atoms with Crippen LogP contribution in [0.2, 0.25) is 0 Å². The Morgan fingerprint density at radius 1 is 0.864 bits per heavy atom. The highest BCUT2D eigenvalue weighted by atomic mass is 32.1. The molecule has 4 fully saturated rings. The summed E-state index contributed by atoms with van der Waals surface area (Å²) in [5, 5.41) is 8.17. The molecule has 0 aromatic heterocycles. The van der Waals surface area contributed by atoms with Crippen molar-refractivity contribution in [2.24, 2.45) is 0 Å². The Morgan fingerprint density at radius 3 is 2.00 bits per heavy atom. The maximum Gasteiger partial charge on any atom is 0.469 e. The molecule has 4 aliphatic rings. The molecule has 0 aliphatic carbocycles. The Labute approximate surface area is 260 Å². The Hall–Kier alpha value is -2.56. The third kappa shape index (κ3) is 8.17. The fourth-order valence-electron chi connectivity index (χ4n) is 6.40. The van der Waals surface area contributed by atoms with Gasteiger partial charge < -0.3 is 45.2 Å². The second-order valence-corrected chi connectivity index (χ2v) is 13.1. The minimum atomic E-state index is -5.04. The molecule has 5 amide bonds. The van der Waals surface area contributed by atoms with Crippen LogP contribution in [0.25, 0.3) is 0 Å². The van der Waals surface area contributed by atoms with Gasteiger partial charge in [0.15, 0.2) is 0 Å². The number of hydrogen-bond donors (Lipinski definition) is 6. The molecule has 0 aromatic rings. The number of amides is 5. The molecule has 246 valence electrons. The van der Waals surface area contributed by atoms with Crippen LogP contribution < -0.4 is 16.0 Å². The van der Waals surface area contributed by atoms with Crippen molar-refractivity contribution in [2.45, 2.75) is 87.6 Å². The molecule has 0 bridgehead atoms. The normalized spacial score (nSPS) is 26.8. The van der Waals surface area contributed by atoms with E-state index in [0.717, 1.165) is 13.0 Å². The third-order valence-electron chi connectivity index (χ3n) is 8.57. The van der Waals surface area contributed by atoms with E-state index in [9.17, 15) is 43.1 Å². The minimum Gasteiger partial charge on any atom is -0.344 e. The summed E-state index contributed by atoms with van der Waals surface area (Å²) in [4.78, 5) is 101. The molecule has 4 aliphatic heterocycles. The first-order chi connectivity index (χ1) is 20.9. The molecular weight excluding hydrogens is 619 g/mol. The highest BCUT2D eigenvalue weighted by molar-refractivity contribution is 7.80. The second kappa shape index (κ2) is 15.1. The van der Waals surface area contributed by atoms with Gasteiger partial charge in [0.25, 0.3) is 0 Å². The van der Waals surface area contributed by atoms with E-state index in [0.29, 0.717) is 44.9 Å². The average Bonchev–Trinajstić information content (AvgIpc) is 3.82. The quantitative estimate of drug-likeness (QED) is 0.0759. The van der Waals surface area contributed by atoms with Crippen molar-refractivity contribution in [1.82, 2.24) is 30.7 Å². The largest absolute Gasteiger partial charge is 0.469 e. The van der Waals surface area contributed by atoms with E-state index < -0.39 is 62.4 Å². The number of rotatable bonds is 12. The van der Waals surface area contributed by atoms with E-state index in [1.807, 2.05) is 0 Å². The fourth-order valence-corrected chi connectivity index (χ4v) is 6.92. The number of aldehydes is 1. The van der Waals surface area contributed by atoms with E-state index in [4.69, 9.17) is 0 Å². The van der Waals surface area contributed by atoms with E-state index in [-0.39, 0.29) is 49.5 Å². The molecule has 4 saturated heterocycles. The summed E-state index contributed by atoms with van der Waals surface area (Å²) in [5.74, 6) is -2.55. The van der Waals surface area contributed by atoms with Crippen LogP contribution in [0.5, 0.6) is 0 Å². The highest BCUT2D eigenvalue weighted by Crippen LogP contribution is 2.36. The molecule has 4 heterocycles. The molecule has 4 rings (SSSR count). The SMILES string of the molecule is O=C[C@H](CS)NC(=O)[C@@H]1CCCN1C(=O)[C@H](COP(=O)(O)O)NC(=O)[C@@H]1CCCN1C(=O)[C@@H]1CCCN1C(=O)[C@@H]1CCCN1. The summed E-state index contributed by atoms with van der Waals surface area (Å²) in [5.41, 5.74) is 0. The van der Waals surface area contributed by atoms with Crippen molar-refractivity contribution in [3.05, 3.63) is 0 Å². The topological polar surface area (TPSA) is 215 Å². The maximum atomic E-state index is 13.7. The number of hydrogen-bond acceptors (Lipinski definition) is 10. The molecular formula is C26H41N6O10PS. The Morgan fingerprint density at radius 2 is 1.43 bits per heavy atom. The number of phosphoric acid groups is 1. The van der Waals surface area contributed by atoms with Crippen molar-refractivity contribution in [2.75, 3.05) is 38.5 Å². The van der Waals surface area contributed by atoms with Crippen molar-refractivity contribution >= 4 is 56.3 Å². The lowest BCUT2D eigenvalue weighted by Crippen LogP contribution is -2.59. The van der Waals surface area contributed by atoms with Crippen LogP contribution in [0, 0.1) is 0 Å². The van der Waals surface area contributed by atoms with Gasteiger partial charge in [-0.2, -0.15) is 12.6 Å². The molecule has 0 unspecified atom stereocenters. The Bertz CT molecular complexity index is 1170. The van der Waals surface area contributed by atoms with Crippen LogP contribution in [-0.2, 0) is 37.9 Å². The van der Waals surface area contributed by atoms with Crippen LogP contribution in [0.1, 0.15) is 51.4 Å². The predicted molar refractivity (Wildman–Crippen MR) is 157 cm³/mol. The number of likely N-dealkylation sites (tertiary alicyclic amines) is 3. The van der Waals surface area contributed by atoms with Crippen molar-refractivity contribution in [3.63, 3.8) is 0 Å². The summed E-state index contributed by atoms with van der Waals surface area (Å²) in [7, 11) is -5.04. The number of nitrogens with zero attached hydrogens (tertiary/aromatic N) is 3. The lowest BCUT2D eigenvalue weighted by atomic mass is 10.1. The van der Waals surface area contributed by atoms with E-state index in [1.165, 1.54) is 9.80 Å². The van der Waals surface area contributed by atoms with Crippen molar-refractivity contribution in [1.29, 1.82) is 0 Å². The summed E-state index contributed by atoms with van der Waals surface area (Å²) >= 11 is 4.01. The first-order valence-corrected chi connectivity index (χ1v) is 17.1. The second-order valence-electron chi connectivity index (χ2n) is 11.5. The van der Waals surface area contributed by atoms with Gasteiger partial charge in [-0.15, -0.1) is 0 Å². The average molecular weight is 661 g/mol. The number of phosphoric ester groups is 1. The maximum absolute atomic E-state index is 13.7. The van der Waals surface area contributed by atoms with Gasteiger partial charge in [0.1, 0.15) is 30.5 Å². The van der Waals surface area contributed by atoms with Gasteiger partial charge >= 0.3 is 7.82 Å². The van der Waals surface area contributed by atoms with Gasteiger partial charge in [-0.25, -0.2) is 4.57 Å². The monoisotopic (exact) mass is 660 g/mol. The van der Waals surface area contributed by atoms with Crippen LogP contribution in [-0.4, -0.2) is 135 Å². The third-order valence-corrected chi connectivity index (χ3v) is 9.45.